The van der Waals surface area contributed by atoms with E-state index in [4.69, 9.17) is 10.5 Å². The Morgan fingerprint density at radius 2 is 1.58 bits per heavy atom. The first-order valence-corrected chi connectivity index (χ1v) is 7.21. The molecule has 0 bridgehead atoms. The van der Waals surface area contributed by atoms with Crippen LogP contribution >= 0.6 is 0 Å². The van der Waals surface area contributed by atoms with Gasteiger partial charge in [-0.15, -0.1) is 0 Å². The monoisotopic (exact) mass is 272 g/mol. The molecule has 2 N–H and O–H groups in total. The van der Waals surface area contributed by atoms with Crippen LogP contribution in [-0.2, 0) is 9.53 Å². The minimum Gasteiger partial charge on any atom is -0.468 e. The molecule has 0 saturated heterocycles. The highest BCUT2D eigenvalue weighted by Crippen LogP contribution is 2.18. The molecule has 19 heavy (non-hydrogen) atoms. The van der Waals surface area contributed by atoms with E-state index in [-0.39, 0.29) is 12.0 Å². The highest BCUT2D eigenvalue weighted by molar-refractivity contribution is 5.79. The highest BCUT2D eigenvalue weighted by atomic mass is 16.5. The van der Waals surface area contributed by atoms with Gasteiger partial charge in [0, 0.05) is 19.1 Å². The summed E-state index contributed by atoms with van der Waals surface area (Å²) in [5, 5.41) is 0. The van der Waals surface area contributed by atoms with E-state index < -0.39 is 5.54 Å². The van der Waals surface area contributed by atoms with Crippen molar-refractivity contribution in [1.82, 2.24) is 4.90 Å². The van der Waals surface area contributed by atoms with Gasteiger partial charge in [-0.05, 0) is 32.1 Å². The predicted molar refractivity (Wildman–Crippen MR) is 79.9 cm³/mol. The van der Waals surface area contributed by atoms with Crippen molar-refractivity contribution in [3.63, 3.8) is 0 Å². The normalized spacial score (nSPS) is 16.8. The minimum atomic E-state index is -0.916. The lowest BCUT2D eigenvalue weighted by Gasteiger charge is -2.35. The third-order valence-electron chi connectivity index (χ3n) is 3.19. The number of hydrogen-bond donors (Lipinski definition) is 1. The Morgan fingerprint density at radius 1 is 1.16 bits per heavy atom. The van der Waals surface area contributed by atoms with Gasteiger partial charge < -0.3 is 15.4 Å². The van der Waals surface area contributed by atoms with Gasteiger partial charge in [0.2, 0.25) is 0 Å². The fourth-order valence-electron chi connectivity index (χ4n) is 2.43. The number of esters is 1. The van der Waals surface area contributed by atoms with E-state index in [1.807, 2.05) is 0 Å². The number of nitrogens with zero attached hydrogens (tertiary/aromatic N) is 1. The van der Waals surface area contributed by atoms with Crippen molar-refractivity contribution in [1.29, 1.82) is 0 Å². The number of nitrogens with two attached hydrogens (primary N) is 1. The fraction of sp³-hybridized carbons (Fsp3) is 0.933. The minimum absolute atomic E-state index is 0.263. The van der Waals surface area contributed by atoms with Crippen LogP contribution in [0.25, 0.3) is 0 Å². The van der Waals surface area contributed by atoms with Crippen LogP contribution in [0.15, 0.2) is 0 Å². The molecule has 0 aliphatic carbocycles. The Morgan fingerprint density at radius 3 is 1.89 bits per heavy atom. The second-order valence-electron chi connectivity index (χ2n) is 6.70. The standard InChI is InChI=1S/C15H32N2O2/c1-11(2)9-17(10-12(3)4)13(5)8-15(6,16)14(18)19-7/h11-13H,8-10,16H2,1-7H3. The third-order valence-corrected chi connectivity index (χ3v) is 3.19. The van der Waals surface area contributed by atoms with Crippen LogP contribution < -0.4 is 5.73 Å². The van der Waals surface area contributed by atoms with Crippen LogP contribution in [-0.4, -0.2) is 42.6 Å². The SMILES string of the molecule is COC(=O)C(C)(N)CC(C)N(CC(C)C)CC(C)C. The first-order chi connectivity index (χ1) is 8.60. The number of methoxy groups -OCH3 is 1. The van der Waals surface area contributed by atoms with Gasteiger partial charge >= 0.3 is 5.97 Å². The molecule has 2 unspecified atom stereocenters. The van der Waals surface area contributed by atoms with Crippen molar-refractivity contribution in [3.8, 4) is 0 Å². The van der Waals surface area contributed by atoms with E-state index >= 15 is 0 Å². The van der Waals surface area contributed by atoms with E-state index in [2.05, 4.69) is 39.5 Å². The summed E-state index contributed by atoms with van der Waals surface area (Å²) in [6.45, 7) is 14.8. The first-order valence-electron chi connectivity index (χ1n) is 7.21. The molecule has 114 valence electrons. The number of hydrogen-bond acceptors (Lipinski definition) is 4. The quantitative estimate of drug-likeness (QED) is 0.689. The van der Waals surface area contributed by atoms with Crippen molar-refractivity contribution in [2.75, 3.05) is 20.2 Å². The van der Waals surface area contributed by atoms with Crippen LogP contribution in [0.2, 0.25) is 0 Å². The fourth-order valence-corrected chi connectivity index (χ4v) is 2.43. The summed E-state index contributed by atoms with van der Waals surface area (Å²) in [6, 6.07) is 0.263. The summed E-state index contributed by atoms with van der Waals surface area (Å²) < 4.78 is 4.78. The molecule has 0 aromatic rings. The smallest absolute Gasteiger partial charge is 0.325 e. The summed E-state index contributed by atoms with van der Waals surface area (Å²) >= 11 is 0. The van der Waals surface area contributed by atoms with E-state index in [1.165, 1.54) is 7.11 Å². The lowest BCUT2D eigenvalue weighted by Crippen LogP contribution is -2.51. The van der Waals surface area contributed by atoms with Gasteiger partial charge in [0.25, 0.3) is 0 Å². The van der Waals surface area contributed by atoms with Gasteiger partial charge in [0.15, 0.2) is 0 Å². The van der Waals surface area contributed by atoms with Crippen molar-refractivity contribution in [2.45, 2.75) is 59.5 Å². The Kier molecular flexibility index (Phi) is 7.60. The van der Waals surface area contributed by atoms with Crippen LogP contribution in [0, 0.1) is 11.8 Å². The summed E-state index contributed by atoms with van der Waals surface area (Å²) in [5.41, 5.74) is 5.15. The molecule has 0 aliphatic rings. The summed E-state index contributed by atoms with van der Waals surface area (Å²) in [4.78, 5) is 14.1. The first kappa shape index (κ1) is 18.4. The Labute approximate surface area is 118 Å². The molecule has 0 aliphatic heterocycles. The van der Waals surface area contributed by atoms with E-state index in [9.17, 15) is 4.79 Å². The zero-order valence-electron chi connectivity index (χ0n) is 13.7. The molecule has 4 nitrogen and oxygen atoms in total. The lowest BCUT2D eigenvalue weighted by atomic mass is 9.93. The van der Waals surface area contributed by atoms with Gasteiger partial charge in [-0.2, -0.15) is 0 Å². The highest BCUT2D eigenvalue weighted by Gasteiger charge is 2.33. The zero-order chi connectivity index (χ0) is 15.2. The second-order valence-corrected chi connectivity index (χ2v) is 6.70. The Hall–Kier alpha value is -0.610. The average Bonchev–Trinajstić information content (AvgIpc) is 2.25. The van der Waals surface area contributed by atoms with E-state index in [0.717, 1.165) is 13.1 Å². The maximum atomic E-state index is 11.7. The molecular formula is C15H32N2O2. The second kappa shape index (κ2) is 7.85. The Balaban J connectivity index is 4.70. The molecule has 0 fully saturated rings. The van der Waals surface area contributed by atoms with Crippen LogP contribution in [0.3, 0.4) is 0 Å². The molecule has 0 saturated carbocycles. The lowest BCUT2D eigenvalue weighted by molar-refractivity contribution is -0.147. The summed E-state index contributed by atoms with van der Waals surface area (Å²) in [7, 11) is 1.39. The zero-order valence-corrected chi connectivity index (χ0v) is 13.7. The molecule has 0 amide bonds. The predicted octanol–water partition coefficient (Wildman–Crippen LogP) is 2.27. The number of carbonyl (C=O) groups is 1. The van der Waals surface area contributed by atoms with Gasteiger partial charge in [0.05, 0.1) is 7.11 Å². The third kappa shape index (κ3) is 6.92. The number of ether oxygens (including phenoxy) is 1. The number of carbonyl (C=O) groups excluding carboxylic acids is 1. The molecule has 4 heteroatoms. The molecule has 0 rings (SSSR count). The van der Waals surface area contributed by atoms with Gasteiger partial charge in [-0.25, -0.2) is 0 Å². The molecule has 0 heterocycles. The largest absolute Gasteiger partial charge is 0.468 e. The molecule has 0 aromatic heterocycles. The van der Waals surface area contributed by atoms with Crippen LogP contribution in [0.4, 0.5) is 0 Å². The molecule has 0 aromatic carbocycles. The molecule has 2 atom stereocenters. The van der Waals surface area contributed by atoms with Crippen molar-refractivity contribution < 1.29 is 9.53 Å². The van der Waals surface area contributed by atoms with Crippen LogP contribution in [0.5, 0.6) is 0 Å². The summed E-state index contributed by atoms with van der Waals surface area (Å²) in [5.74, 6) is 0.861. The van der Waals surface area contributed by atoms with Crippen molar-refractivity contribution >= 4 is 5.97 Å². The molecule has 0 spiro atoms. The average molecular weight is 272 g/mol. The topological polar surface area (TPSA) is 55.6 Å². The number of rotatable bonds is 8. The van der Waals surface area contributed by atoms with Gasteiger partial charge in [-0.3, -0.25) is 4.79 Å². The van der Waals surface area contributed by atoms with Gasteiger partial charge in [-0.1, -0.05) is 27.7 Å². The van der Waals surface area contributed by atoms with Crippen molar-refractivity contribution in [3.05, 3.63) is 0 Å². The molecular weight excluding hydrogens is 240 g/mol. The van der Waals surface area contributed by atoms with E-state index in [0.29, 0.717) is 18.3 Å². The van der Waals surface area contributed by atoms with Crippen LogP contribution in [0.1, 0.15) is 48.0 Å². The Bertz CT molecular complexity index is 265. The maximum Gasteiger partial charge on any atom is 0.325 e. The molecule has 0 radical (unpaired) electrons. The van der Waals surface area contributed by atoms with Gasteiger partial charge in [0.1, 0.15) is 5.54 Å². The van der Waals surface area contributed by atoms with Crippen molar-refractivity contribution in [2.24, 2.45) is 17.6 Å². The summed E-state index contributed by atoms with van der Waals surface area (Å²) in [6.07, 6.45) is 0.610. The van der Waals surface area contributed by atoms with E-state index in [1.54, 1.807) is 6.92 Å². The maximum absolute atomic E-state index is 11.7.